The Balaban J connectivity index is 1.73. The van der Waals surface area contributed by atoms with Crippen LogP contribution in [0.2, 0.25) is 0 Å². The number of likely N-dealkylation sites (tertiary alicyclic amines) is 1. The highest BCUT2D eigenvalue weighted by molar-refractivity contribution is 5.94. The first kappa shape index (κ1) is 14.5. The average molecular weight is 300 g/mol. The van der Waals surface area contributed by atoms with Gasteiger partial charge in [0.2, 0.25) is 5.88 Å². The summed E-state index contributed by atoms with van der Waals surface area (Å²) in [5.74, 6) is 0.186. The Morgan fingerprint density at radius 3 is 2.64 bits per heavy atom. The Hall–Kier alpha value is -2.43. The van der Waals surface area contributed by atoms with E-state index in [2.05, 4.69) is 4.98 Å². The van der Waals surface area contributed by atoms with Gasteiger partial charge in [-0.25, -0.2) is 9.37 Å². The van der Waals surface area contributed by atoms with Crippen LogP contribution in [0.1, 0.15) is 35.3 Å². The molecular weight excluding hydrogens is 283 g/mol. The summed E-state index contributed by atoms with van der Waals surface area (Å²) in [6.07, 6.45) is 2.43. The average Bonchev–Trinajstić information content (AvgIpc) is 2.49. The minimum atomic E-state index is -0.267. The van der Waals surface area contributed by atoms with Crippen molar-refractivity contribution in [2.24, 2.45) is 0 Å². The number of halogens is 1. The maximum Gasteiger partial charge on any atom is 0.255 e. The van der Waals surface area contributed by atoms with Crippen molar-refractivity contribution < 1.29 is 13.9 Å². The van der Waals surface area contributed by atoms with E-state index in [9.17, 15) is 9.18 Å². The van der Waals surface area contributed by atoms with Gasteiger partial charge in [0, 0.05) is 18.8 Å². The Morgan fingerprint density at radius 1 is 1.32 bits per heavy atom. The van der Waals surface area contributed by atoms with Crippen molar-refractivity contribution >= 4 is 5.91 Å². The van der Waals surface area contributed by atoms with Crippen molar-refractivity contribution in [2.45, 2.75) is 19.4 Å². The van der Waals surface area contributed by atoms with Crippen molar-refractivity contribution in [2.75, 3.05) is 13.2 Å². The predicted molar refractivity (Wildman–Crippen MR) is 80.2 cm³/mol. The molecule has 1 aromatic carbocycles. The zero-order valence-corrected chi connectivity index (χ0v) is 12.3. The molecule has 0 radical (unpaired) electrons. The van der Waals surface area contributed by atoms with Crippen molar-refractivity contribution in [3.8, 4) is 5.88 Å². The standard InChI is InChI=1S/C17H17FN2O2/c1-2-22-16-8-5-13(11-19-16)17(21)20-10-9-15(20)12-3-6-14(18)7-4-12/h3-8,11,15H,2,9-10H2,1H3. The lowest BCUT2D eigenvalue weighted by molar-refractivity contribution is 0.0460. The van der Waals surface area contributed by atoms with Crippen LogP contribution in [-0.2, 0) is 0 Å². The number of rotatable bonds is 4. The fraction of sp³-hybridized carbons (Fsp3) is 0.294. The number of aromatic nitrogens is 1. The number of nitrogens with zero attached hydrogens (tertiary/aromatic N) is 2. The van der Waals surface area contributed by atoms with Crippen LogP contribution in [-0.4, -0.2) is 28.9 Å². The molecular formula is C17H17FN2O2. The van der Waals surface area contributed by atoms with E-state index in [1.807, 2.05) is 6.92 Å². The molecule has 2 aromatic rings. The Bertz CT molecular complexity index is 655. The predicted octanol–water partition coefficient (Wildman–Crippen LogP) is 3.21. The van der Waals surface area contributed by atoms with Gasteiger partial charge in [-0.3, -0.25) is 4.79 Å². The van der Waals surface area contributed by atoms with E-state index in [0.717, 1.165) is 12.0 Å². The van der Waals surface area contributed by atoms with Crippen molar-refractivity contribution in [3.63, 3.8) is 0 Å². The molecule has 114 valence electrons. The largest absolute Gasteiger partial charge is 0.478 e. The zero-order chi connectivity index (χ0) is 15.5. The molecule has 1 aromatic heterocycles. The third-order valence-electron chi connectivity index (χ3n) is 3.81. The fourth-order valence-electron chi connectivity index (χ4n) is 2.57. The number of hydrogen-bond donors (Lipinski definition) is 0. The molecule has 3 rings (SSSR count). The molecule has 0 N–H and O–H groups in total. The lowest BCUT2D eigenvalue weighted by Gasteiger charge is -2.41. The van der Waals surface area contributed by atoms with Gasteiger partial charge in [-0.05, 0) is 37.1 Å². The monoisotopic (exact) mass is 300 g/mol. The van der Waals surface area contributed by atoms with Crippen LogP contribution in [0.15, 0.2) is 42.6 Å². The van der Waals surface area contributed by atoms with E-state index in [-0.39, 0.29) is 17.8 Å². The van der Waals surface area contributed by atoms with Gasteiger partial charge in [0.25, 0.3) is 5.91 Å². The molecule has 1 aliphatic heterocycles. The molecule has 22 heavy (non-hydrogen) atoms. The minimum Gasteiger partial charge on any atom is -0.478 e. The summed E-state index contributed by atoms with van der Waals surface area (Å²) in [6, 6.07) is 9.75. The van der Waals surface area contributed by atoms with Gasteiger partial charge in [-0.2, -0.15) is 0 Å². The number of hydrogen-bond acceptors (Lipinski definition) is 3. The van der Waals surface area contributed by atoms with Crippen LogP contribution in [0.4, 0.5) is 4.39 Å². The maximum atomic E-state index is 13.0. The number of benzene rings is 1. The molecule has 1 aliphatic rings. The van der Waals surface area contributed by atoms with Crippen LogP contribution in [0.3, 0.4) is 0 Å². The lowest BCUT2D eigenvalue weighted by atomic mass is 9.94. The molecule has 1 fully saturated rings. The summed E-state index contributed by atoms with van der Waals surface area (Å²) in [5, 5.41) is 0. The first-order valence-corrected chi connectivity index (χ1v) is 7.34. The van der Waals surface area contributed by atoms with E-state index >= 15 is 0 Å². The SMILES string of the molecule is CCOc1ccc(C(=O)N2CCC2c2ccc(F)cc2)cn1. The van der Waals surface area contributed by atoms with E-state index in [1.165, 1.54) is 18.3 Å². The third kappa shape index (κ3) is 2.79. The summed E-state index contributed by atoms with van der Waals surface area (Å²) in [7, 11) is 0. The summed E-state index contributed by atoms with van der Waals surface area (Å²) in [4.78, 5) is 18.4. The van der Waals surface area contributed by atoms with E-state index in [0.29, 0.717) is 24.6 Å². The Morgan fingerprint density at radius 2 is 2.09 bits per heavy atom. The maximum absolute atomic E-state index is 13.0. The molecule has 0 spiro atoms. The van der Waals surface area contributed by atoms with E-state index in [1.54, 1.807) is 29.2 Å². The third-order valence-corrected chi connectivity index (χ3v) is 3.81. The highest BCUT2D eigenvalue weighted by Gasteiger charge is 2.33. The van der Waals surface area contributed by atoms with Gasteiger partial charge in [0.15, 0.2) is 0 Å². The minimum absolute atomic E-state index is 0.0136. The van der Waals surface area contributed by atoms with E-state index < -0.39 is 0 Å². The quantitative estimate of drug-likeness (QED) is 0.870. The van der Waals surface area contributed by atoms with Crippen LogP contribution < -0.4 is 4.74 Å². The summed E-state index contributed by atoms with van der Waals surface area (Å²) in [5.41, 5.74) is 1.50. The zero-order valence-electron chi connectivity index (χ0n) is 12.3. The van der Waals surface area contributed by atoms with Crippen molar-refractivity contribution in [1.82, 2.24) is 9.88 Å². The molecule has 1 atom stereocenters. The molecule has 0 saturated carbocycles. The second-order valence-electron chi connectivity index (χ2n) is 5.17. The molecule has 1 saturated heterocycles. The molecule has 4 nitrogen and oxygen atoms in total. The van der Waals surface area contributed by atoms with Crippen LogP contribution in [0.5, 0.6) is 5.88 Å². The lowest BCUT2D eigenvalue weighted by Crippen LogP contribution is -2.45. The Labute approximate surface area is 128 Å². The van der Waals surface area contributed by atoms with Gasteiger partial charge < -0.3 is 9.64 Å². The smallest absolute Gasteiger partial charge is 0.255 e. The van der Waals surface area contributed by atoms with Crippen molar-refractivity contribution in [1.29, 1.82) is 0 Å². The van der Waals surface area contributed by atoms with Crippen LogP contribution in [0.25, 0.3) is 0 Å². The first-order chi connectivity index (χ1) is 10.7. The molecule has 0 bridgehead atoms. The second kappa shape index (κ2) is 6.13. The number of pyridine rings is 1. The molecule has 1 amide bonds. The molecule has 0 aliphatic carbocycles. The van der Waals surface area contributed by atoms with Gasteiger partial charge in [0.05, 0.1) is 18.2 Å². The molecule has 1 unspecified atom stereocenters. The summed E-state index contributed by atoms with van der Waals surface area (Å²) in [6.45, 7) is 3.13. The second-order valence-corrected chi connectivity index (χ2v) is 5.17. The highest BCUT2D eigenvalue weighted by atomic mass is 19.1. The normalized spacial score (nSPS) is 17.0. The Kier molecular flexibility index (Phi) is 4.04. The number of carbonyl (C=O) groups excluding carboxylic acids is 1. The first-order valence-electron chi connectivity index (χ1n) is 7.34. The van der Waals surface area contributed by atoms with Crippen LogP contribution in [0, 0.1) is 5.82 Å². The fourth-order valence-corrected chi connectivity index (χ4v) is 2.57. The number of ether oxygens (including phenoxy) is 1. The van der Waals surface area contributed by atoms with E-state index in [4.69, 9.17) is 4.74 Å². The molecule has 2 heterocycles. The molecule has 5 heteroatoms. The van der Waals surface area contributed by atoms with Gasteiger partial charge in [0.1, 0.15) is 5.82 Å². The van der Waals surface area contributed by atoms with Gasteiger partial charge in [-0.1, -0.05) is 12.1 Å². The topological polar surface area (TPSA) is 42.4 Å². The number of amides is 1. The highest BCUT2D eigenvalue weighted by Crippen LogP contribution is 2.34. The van der Waals surface area contributed by atoms with Gasteiger partial charge in [-0.15, -0.1) is 0 Å². The van der Waals surface area contributed by atoms with Crippen LogP contribution >= 0.6 is 0 Å². The van der Waals surface area contributed by atoms with Gasteiger partial charge >= 0.3 is 0 Å². The summed E-state index contributed by atoms with van der Waals surface area (Å²) >= 11 is 0. The van der Waals surface area contributed by atoms with Crippen molar-refractivity contribution in [3.05, 3.63) is 59.5 Å². The summed E-state index contributed by atoms with van der Waals surface area (Å²) < 4.78 is 18.3. The number of carbonyl (C=O) groups is 1.